The van der Waals surface area contributed by atoms with Crippen LogP contribution in [0.3, 0.4) is 0 Å². The van der Waals surface area contributed by atoms with E-state index in [1.54, 1.807) is 17.8 Å². The highest BCUT2D eigenvalue weighted by Crippen LogP contribution is 2.32. The summed E-state index contributed by atoms with van der Waals surface area (Å²) in [6.07, 6.45) is -4.30. The summed E-state index contributed by atoms with van der Waals surface area (Å²) in [5.41, 5.74) is 1.94. The molecule has 0 aromatic heterocycles. The van der Waals surface area contributed by atoms with Gasteiger partial charge in [-0.25, -0.2) is 0 Å². The maximum absolute atomic E-state index is 12.5. The standard InChI is InChI=1S/C16H15F3OS/c1-10-8-15(11(2)7-14(10)20)21-9-12-3-5-13(6-4-12)16(17,18)19/h3-8,20H,9H2,1-2H3. The van der Waals surface area contributed by atoms with Crippen LogP contribution in [0.15, 0.2) is 41.3 Å². The van der Waals surface area contributed by atoms with Crippen molar-refractivity contribution >= 4 is 11.8 Å². The number of hydrogen-bond acceptors (Lipinski definition) is 2. The molecule has 0 aliphatic heterocycles. The molecule has 21 heavy (non-hydrogen) atoms. The van der Waals surface area contributed by atoms with Crippen LogP contribution in [-0.4, -0.2) is 5.11 Å². The number of hydrogen-bond donors (Lipinski definition) is 1. The molecule has 2 aromatic carbocycles. The van der Waals surface area contributed by atoms with E-state index in [9.17, 15) is 18.3 Å². The number of aryl methyl sites for hydroxylation is 2. The van der Waals surface area contributed by atoms with Crippen LogP contribution in [0.4, 0.5) is 13.2 Å². The summed E-state index contributed by atoms with van der Waals surface area (Å²) in [7, 11) is 0. The quantitative estimate of drug-likeness (QED) is 0.774. The highest BCUT2D eigenvalue weighted by molar-refractivity contribution is 7.98. The fraction of sp³-hybridized carbons (Fsp3) is 0.250. The Bertz CT molecular complexity index is 633. The number of halogens is 3. The summed E-state index contributed by atoms with van der Waals surface area (Å²) in [5.74, 6) is 0.842. The van der Waals surface area contributed by atoms with Gasteiger partial charge in [0.1, 0.15) is 5.75 Å². The second kappa shape index (κ2) is 6.02. The molecule has 2 rings (SSSR count). The first-order valence-corrected chi connectivity index (χ1v) is 7.35. The average Bonchev–Trinajstić information content (AvgIpc) is 2.41. The van der Waals surface area contributed by atoms with E-state index in [-0.39, 0.29) is 5.75 Å². The Balaban J connectivity index is 2.08. The molecule has 1 nitrogen and oxygen atoms in total. The third-order valence-corrected chi connectivity index (χ3v) is 4.40. The number of phenols is 1. The normalized spacial score (nSPS) is 11.7. The van der Waals surface area contributed by atoms with Crippen LogP contribution in [0, 0.1) is 13.8 Å². The lowest BCUT2D eigenvalue weighted by Crippen LogP contribution is -2.04. The van der Waals surface area contributed by atoms with Crippen molar-refractivity contribution in [3.63, 3.8) is 0 Å². The Morgan fingerprint density at radius 2 is 1.62 bits per heavy atom. The fourth-order valence-corrected chi connectivity index (χ4v) is 2.94. The molecule has 0 aliphatic carbocycles. The molecule has 5 heteroatoms. The summed E-state index contributed by atoms with van der Waals surface area (Å²) < 4.78 is 37.4. The molecule has 0 bridgehead atoms. The number of thioether (sulfide) groups is 1. The lowest BCUT2D eigenvalue weighted by molar-refractivity contribution is -0.137. The third-order valence-electron chi connectivity index (χ3n) is 3.17. The molecule has 0 aliphatic rings. The van der Waals surface area contributed by atoms with Crippen molar-refractivity contribution in [2.75, 3.05) is 0 Å². The summed E-state index contributed by atoms with van der Waals surface area (Å²) in [5, 5.41) is 9.60. The van der Waals surface area contributed by atoms with E-state index < -0.39 is 11.7 Å². The van der Waals surface area contributed by atoms with E-state index >= 15 is 0 Å². The minimum Gasteiger partial charge on any atom is -0.508 e. The van der Waals surface area contributed by atoms with Crippen molar-refractivity contribution in [3.8, 4) is 5.75 Å². The molecule has 2 aromatic rings. The first-order valence-electron chi connectivity index (χ1n) is 6.36. The Morgan fingerprint density at radius 1 is 1.00 bits per heavy atom. The lowest BCUT2D eigenvalue weighted by atomic mass is 10.1. The van der Waals surface area contributed by atoms with Crippen molar-refractivity contribution in [2.45, 2.75) is 30.7 Å². The van der Waals surface area contributed by atoms with Crippen LogP contribution in [0.1, 0.15) is 22.3 Å². The summed E-state index contributed by atoms with van der Waals surface area (Å²) in [4.78, 5) is 1.02. The van der Waals surface area contributed by atoms with E-state index in [1.165, 1.54) is 12.1 Å². The number of alkyl halides is 3. The Labute approximate surface area is 125 Å². The highest BCUT2D eigenvalue weighted by Gasteiger charge is 2.29. The fourth-order valence-electron chi connectivity index (χ4n) is 1.88. The van der Waals surface area contributed by atoms with Crippen molar-refractivity contribution < 1.29 is 18.3 Å². The van der Waals surface area contributed by atoms with Gasteiger partial charge >= 0.3 is 6.18 Å². The Kier molecular flexibility index (Phi) is 4.52. The second-order valence-electron chi connectivity index (χ2n) is 4.89. The van der Waals surface area contributed by atoms with Crippen molar-refractivity contribution in [3.05, 3.63) is 58.7 Å². The molecule has 0 saturated carbocycles. The van der Waals surface area contributed by atoms with Crippen LogP contribution in [-0.2, 0) is 11.9 Å². The summed E-state index contributed by atoms with van der Waals surface area (Å²) >= 11 is 1.54. The zero-order valence-corrected chi connectivity index (χ0v) is 12.5. The monoisotopic (exact) mass is 312 g/mol. The van der Waals surface area contributed by atoms with Gasteiger partial charge < -0.3 is 5.11 Å². The van der Waals surface area contributed by atoms with Gasteiger partial charge in [-0.2, -0.15) is 13.2 Å². The minimum atomic E-state index is -4.30. The SMILES string of the molecule is Cc1cc(SCc2ccc(C(F)(F)F)cc2)c(C)cc1O. The van der Waals surface area contributed by atoms with Crippen LogP contribution in [0.25, 0.3) is 0 Å². The summed E-state index contributed by atoms with van der Waals surface area (Å²) in [6, 6.07) is 8.79. The molecule has 1 N–H and O–H groups in total. The lowest BCUT2D eigenvalue weighted by Gasteiger charge is -2.10. The van der Waals surface area contributed by atoms with Gasteiger partial charge in [-0.15, -0.1) is 11.8 Å². The number of benzene rings is 2. The number of rotatable bonds is 3. The average molecular weight is 312 g/mol. The van der Waals surface area contributed by atoms with Crippen molar-refractivity contribution in [2.24, 2.45) is 0 Å². The summed E-state index contributed by atoms with van der Waals surface area (Å²) in [6.45, 7) is 3.71. The second-order valence-corrected chi connectivity index (χ2v) is 5.90. The Morgan fingerprint density at radius 3 is 2.19 bits per heavy atom. The molecule has 0 unspecified atom stereocenters. The molecule has 0 fully saturated rings. The number of phenolic OH excluding ortho intramolecular Hbond substituents is 1. The molecule has 112 valence electrons. The minimum absolute atomic E-state index is 0.256. The van der Waals surface area contributed by atoms with Crippen LogP contribution >= 0.6 is 11.8 Å². The molecule has 0 radical (unpaired) electrons. The molecule has 0 heterocycles. The predicted molar refractivity (Wildman–Crippen MR) is 78.6 cm³/mol. The molecule has 0 amide bonds. The van der Waals surface area contributed by atoms with E-state index in [1.807, 2.05) is 19.9 Å². The Hall–Kier alpha value is -1.62. The van der Waals surface area contributed by atoms with Gasteiger partial charge in [0.05, 0.1) is 5.56 Å². The zero-order valence-electron chi connectivity index (χ0n) is 11.7. The van der Waals surface area contributed by atoms with E-state index in [2.05, 4.69) is 0 Å². The van der Waals surface area contributed by atoms with Gasteiger partial charge in [0.15, 0.2) is 0 Å². The van der Waals surface area contributed by atoms with Gasteiger partial charge in [-0.05, 0) is 54.8 Å². The first kappa shape index (κ1) is 15.8. The van der Waals surface area contributed by atoms with Gasteiger partial charge in [0, 0.05) is 10.6 Å². The third kappa shape index (κ3) is 3.94. The van der Waals surface area contributed by atoms with Crippen molar-refractivity contribution in [1.82, 2.24) is 0 Å². The zero-order chi connectivity index (χ0) is 15.6. The maximum Gasteiger partial charge on any atom is 0.416 e. The maximum atomic E-state index is 12.5. The van der Waals surface area contributed by atoms with Gasteiger partial charge in [-0.1, -0.05) is 12.1 Å². The molecular formula is C16H15F3OS. The molecule has 0 atom stereocenters. The molecule has 0 saturated heterocycles. The van der Waals surface area contributed by atoms with Crippen molar-refractivity contribution in [1.29, 1.82) is 0 Å². The first-order chi connectivity index (χ1) is 9.77. The highest BCUT2D eigenvalue weighted by atomic mass is 32.2. The van der Waals surface area contributed by atoms with Crippen LogP contribution < -0.4 is 0 Å². The van der Waals surface area contributed by atoms with Gasteiger partial charge in [0.25, 0.3) is 0 Å². The van der Waals surface area contributed by atoms with Gasteiger partial charge in [-0.3, -0.25) is 0 Å². The largest absolute Gasteiger partial charge is 0.508 e. The van der Waals surface area contributed by atoms with Gasteiger partial charge in [0.2, 0.25) is 0 Å². The van der Waals surface area contributed by atoms with E-state index in [0.717, 1.165) is 33.7 Å². The smallest absolute Gasteiger partial charge is 0.416 e. The van der Waals surface area contributed by atoms with E-state index in [4.69, 9.17) is 0 Å². The molecule has 0 spiro atoms. The van der Waals surface area contributed by atoms with Crippen LogP contribution in [0.5, 0.6) is 5.75 Å². The predicted octanol–water partition coefficient (Wildman–Crippen LogP) is 5.32. The van der Waals surface area contributed by atoms with E-state index in [0.29, 0.717) is 5.75 Å². The topological polar surface area (TPSA) is 20.2 Å². The molecular weight excluding hydrogens is 297 g/mol. The van der Waals surface area contributed by atoms with Crippen LogP contribution in [0.2, 0.25) is 0 Å². The number of aromatic hydroxyl groups is 1.